The molecule has 0 bridgehead atoms. The predicted molar refractivity (Wildman–Crippen MR) is 128 cm³/mol. The van der Waals surface area contributed by atoms with Crippen LogP contribution in [0, 0.1) is 0 Å². The molecule has 8 heteroatoms. The highest BCUT2D eigenvalue weighted by molar-refractivity contribution is 7.07. The van der Waals surface area contributed by atoms with Crippen molar-refractivity contribution in [2.24, 2.45) is 4.99 Å². The van der Waals surface area contributed by atoms with Crippen molar-refractivity contribution in [2.45, 2.75) is 13.0 Å². The van der Waals surface area contributed by atoms with Crippen molar-refractivity contribution in [1.29, 1.82) is 0 Å². The van der Waals surface area contributed by atoms with E-state index >= 15 is 0 Å². The number of rotatable bonds is 5. The van der Waals surface area contributed by atoms with Crippen LogP contribution in [-0.2, 0) is 9.53 Å². The summed E-state index contributed by atoms with van der Waals surface area (Å²) in [5.74, 6) is -0.529. The van der Waals surface area contributed by atoms with Crippen LogP contribution < -0.4 is 14.9 Å². The highest BCUT2D eigenvalue weighted by Crippen LogP contribution is 2.30. The Morgan fingerprint density at radius 2 is 1.97 bits per heavy atom. The molecule has 0 aliphatic carbocycles. The number of hydrogen-bond donors (Lipinski definition) is 0. The first-order valence-electron chi connectivity index (χ1n) is 9.71. The van der Waals surface area contributed by atoms with Crippen LogP contribution in [0.3, 0.4) is 0 Å². The summed E-state index contributed by atoms with van der Waals surface area (Å²) in [6.45, 7) is 5.40. The van der Waals surface area contributed by atoms with Crippen molar-refractivity contribution in [3.05, 3.63) is 113 Å². The third kappa shape index (κ3) is 4.21. The van der Waals surface area contributed by atoms with Gasteiger partial charge in [-0.15, -0.1) is 0 Å². The standard InChI is InChI=1S/C24H18Cl2N2O3S/c1-3-11-31-23(30)20-14(2)27-24-28(21(20)16-7-5-4-6-8-16)22(29)19(32-24)13-15-9-10-17(25)18(26)12-15/h3-10,12-13,21H,1,11H2,2H3/b19-13+/t21-/m1/s1. The zero-order valence-corrected chi connectivity index (χ0v) is 19.4. The topological polar surface area (TPSA) is 60.7 Å². The highest BCUT2D eigenvalue weighted by Gasteiger charge is 2.33. The molecule has 0 N–H and O–H groups in total. The molecule has 32 heavy (non-hydrogen) atoms. The van der Waals surface area contributed by atoms with Crippen molar-refractivity contribution in [2.75, 3.05) is 6.61 Å². The second-order valence-corrected chi connectivity index (χ2v) is 8.88. The summed E-state index contributed by atoms with van der Waals surface area (Å²) in [7, 11) is 0. The Morgan fingerprint density at radius 3 is 2.66 bits per heavy atom. The molecule has 0 radical (unpaired) electrons. The Hall–Kier alpha value is -2.93. The average Bonchev–Trinajstić information content (AvgIpc) is 3.08. The molecular weight excluding hydrogens is 467 g/mol. The lowest BCUT2D eigenvalue weighted by atomic mass is 9.96. The van der Waals surface area contributed by atoms with Crippen LogP contribution in [0.1, 0.15) is 24.1 Å². The summed E-state index contributed by atoms with van der Waals surface area (Å²) >= 11 is 13.4. The molecule has 1 aliphatic heterocycles. The number of carbonyl (C=O) groups excluding carboxylic acids is 1. The van der Waals surface area contributed by atoms with Gasteiger partial charge in [0.2, 0.25) is 0 Å². The third-order valence-electron chi connectivity index (χ3n) is 4.93. The first kappa shape index (κ1) is 22.3. The largest absolute Gasteiger partial charge is 0.458 e. The Balaban J connectivity index is 1.92. The van der Waals surface area contributed by atoms with E-state index in [0.29, 0.717) is 30.6 Å². The minimum absolute atomic E-state index is 0.0683. The number of aromatic nitrogens is 1. The lowest BCUT2D eigenvalue weighted by Crippen LogP contribution is -2.39. The van der Waals surface area contributed by atoms with E-state index in [0.717, 1.165) is 11.1 Å². The number of ether oxygens (including phenoxy) is 1. The minimum Gasteiger partial charge on any atom is -0.458 e. The number of allylic oxidation sites excluding steroid dienone is 1. The molecule has 0 unspecified atom stereocenters. The van der Waals surface area contributed by atoms with Gasteiger partial charge >= 0.3 is 5.97 Å². The first-order chi connectivity index (χ1) is 15.4. The van der Waals surface area contributed by atoms with Crippen LogP contribution in [0.25, 0.3) is 6.08 Å². The molecule has 0 spiro atoms. The molecule has 0 amide bonds. The van der Waals surface area contributed by atoms with Crippen molar-refractivity contribution in [1.82, 2.24) is 4.57 Å². The van der Waals surface area contributed by atoms with Gasteiger partial charge in [-0.3, -0.25) is 9.36 Å². The van der Waals surface area contributed by atoms with Gasteiger partial charge in [0.1, 0.15) is 6.61 Å². The van der Waals surface area contributed by atoms with Crippen LogP contribution in [0.2, 0.25) is 10.0 Å². The van der Waals surface area contributed by atoms with E-state index in [4.69, 9.17) is 27.9 Å². The summed E-state index contributed by atoms with van der Waals surface area (Å²) in [5, 5.41) is 0.839. The van der Waals surface area contributed by atoms with E-state index < -0.39 is 12.0 Å². The summed E-state index contributed by atoms with van der Waals surface area (Å²) in [4.78, 5) is 31.4. The van der Waals surface area contributed by atoms with Crippen LogP contribution in [-0.4, -0.2) is 17.1 Å². The molecule has 162 valence electrons. The molecule has 0 saturated heterocycles. The molecule has 3 aromatic rings. The Morgan fingerprint density at radius 1 is 1.22 bits per heavy atom. The fourth-order valence-electron chi connectivity index (χ4n) is 3.50. The Labute approximate surface area is 198 Å². The van der Waals surface area contributed by atoms with Gasteiger partial charge < -0.3 is 4.74 Å². The summed E-state index contributed by atoms with van der Waals surface area (Å²) in [6.07, 6.45) is 3.24. The van der Waals surface area contributed by atoms with Gasteiger partial charge in [0, 0.05) is 0 Å². The average molecular weight is 485 g/mol. The van der Waals surface area contributed by atoms with Crippen molar-refractivity contribution in [3.63, 3.8) is 0 Å². The van der Waals surface area contributed by atoms with Gasteiger partial charge in [-0.05, 0) is 36.3 Å². The second-order valence-electron chi connectivity index (χ2n) is 7.05. The normalized spacial score (nSPS) is 15.8. The quantitative estimate of drug-likeness (QED) is 0.401. The molecular formula is C24H18Cl2N2O3S. The molecule has 0 saturated carbocycles. The minimum atomic E-state index is -0.652. The zero-order chi connectivity index (χ0) is 22.8. The number of halogens is 2. The van der Waals surface area contributed by atoms with E-state index in [9.17, 15) is 9.59 Å². The maximum absolute atomic E-state index is 13.5. The van der Waals surface area contributed by atoms with E-state index in [1.165, 1.54) is 17.4 Å². The highest BCUT2D eigenvalue weighted by atomic mass is 35.5. The smallest absolute Gasteiger partial charge is 0.338 e. The molecule has 1 aliphatic rings. The van der Waals surface area contributed by atoms with Gasteiger partial charge in [-0.25, -0.2) is 9.79 Å². The number of nitrogens with zero attached hydrogens (tertiary/aromatic N) is 2. The molecule has 0 fully saturated rings. The zero-order valence-electron chi connectivity index (χ0n) is 17.0. The summed E-state index contributed by atoms with van der Waals surface area (Å²) in [6, 6.07) is 13.9. The number of benzene rings is 2. The predicted octanol–water partition coefficient (Wildman–Crippen LogP) is 4.27. The van der Waals surface area contributed by atoms with Gasteiger partial charge in [0.05, 0.1) is 31.9 Å². The van der Waals surface area contributed by atoms with Crippen molar-refractivity contribution in [3.8, 4) is 0 Å². The van der Waals surface area contributed by atoms with Crippen LogP contribution in [0.5, 0.6) is 0 Å². The van der Waals surface area contributed by atoms with Gasteiger partial charge in [-0.1, -0.05) is 83.6 Å². The summed E-state index contributed by atoms with van der Waals surface area (Å²) < 4.78 is 7.32. The Bertz CT molecular complexity index is 1420. The fraction of sp³-hybridized carbons (Fsp3) is 0.125. The first-order valence-corrected chi connectivity index (χ1v) is 11.3. The Kier molecular flexibility index (Phi) is 6.46. The monoisotopic (exact) mass is 484 g/mol. The molecule has 1 atom stereocenters. The van der Waals surface area contributed by atoms with E-state index in [1.54, 1.807) is 35.8 Å². The molecule has 4 rings (SSSR count). The second kappa shape index (κ2) is 9.28. The van der Waals surface area contributed by atoms with Crippen molar-refractivity contribution < 1.29 is 9.53 Å². The molecule has 2 heterocycles. The van der Waals surface area contributed by atoms with E-state index in [1.807, 2.05) is 30.3 Å². The number of esters is 1. The third-order valence-corrected chi connectivity index (χ3v) is 6.65. The lowest BCUT2D eigenvalue weighted by molar-refractivity contribution is -0.138. The molecule has 2 aromatic carbocycles. The maximum atomic E-state index is 13.5. The maximum Gasteiger partial charge on any atom is 0.338 e. The lowest BCUT2D eigenvalue weighted by Gasteiger charge is -2.24. The molecule has 5 nitrogen and oxygen atoms in total. The van der Waals surface area contributed by atoms with Crippen LogP contribution >= 0.6 is 34.5 Å². The number of hydrogen-bond acceptors (Lipinski definition) is 5. The van der Waals surface area contributed by atoms with Crippen LogP contribution in [0.4, 0.5) is 0 Å². The van der Waals surface area contributed by atoms with E-state index in [2.05, 4.69) is 11.6 Å². The van der Waals surface area contributed by atoms with Gasteiger partial charge in [-0.2, -0.15) is 0 Å². The molecule has 1 aromatic heterocycles. The number of carbonyl (C=O) groups is 1. The van der Waals surface area contributed by atoms with Crippen LogP contribution in [0.15, 0.2) is 82.2 Å². The fourth-order valence-corrected chi connectivity index (χ4v) is 4.85. The number of fused-ring (bicyclic) bond motifs is 1. The van der Waals surface area contributed by atoms with Gasteiger partial charge in [0.15, 0.2) is 4.80 Å². The number of thiazole rings is 1. The SMILES string of the molecule is C=CCOC(=O)C1=C(C)N=c2s/c(=C/c3ccc(Cl)c(Cl)c3)c(=O)n2[C@@H]1c1ccccc1. The van der Waals surface area contributed by atoms with E-state index in [-0.39, 0.29) is 12.2 Å². The summed E-state index contributed by atoms with van der Waals surface area (Å²) in [5.41, 5.74) is 2.11. The van der Waals surface area contributed by atoms with Crippen molar-refractivity contribution >= 4 is 46.6 Å². The van der Waals surface area contributed by atoms with Gasteiger partial charge in [0.25, 0.3) is 5.56 Å².